The van der Waals surface area contributed by atoms with Gasteiger partial charge in [-0.3, -0.25) is 0 Å². The van der Waals surface area contributed by atoms with Gasteiger partial charge in [0.25, 0.3) is 0 Å². The van der Waals surface area contributed by atoms with Crippen molar-refractivity contribution in [2.75, 3.05) is 0 Å². The fourth-order valence-corrected chi connectivity index (χ4v) is 1.51. The highest BCUT2D eigenvalue weighted by molar-refractivity contribution is 5.24. The summed E-state index contributed by atoms with van der Waals surface area (Å²) < 4.78 is 5.47. The molecule has 2 aromatic rings. The predicted octanol–water partition coefficient (Wildman–Crippen LogP) is 3.18. The Bertz CT molecular complexity index is 451. The average molecular weight is 228 g/mol. The van der Waals surface area contributed by atoms with Crippen molar-refractivity contribution < 1.29 is 4.74 Å². The van der Waals surface area contributed by atoms with E-state index in [1.54, 1.807) is 18.5 Å². The zero-order valence-electron chi connectivity index (χ0n) is 10.1. The van der Waals surface area contributed by atoms with Crippen LogP contribution in [0.4, 0.5) is 0 Å². The van der Waals surface area contributed by atoms with E-state index >= 15 is 0 Å². The van der Waals surface area contributed by atoms with Crippen LogP contribution in [-0.2, 0) is 6.61 Å². The van der Waals surface area contributed by atoms with Crippen LogP contribution < -0.4 is 4.74 Å². The van der Waals surface area contributed by atoms with Gasteiger partial charge in [-0.1, -0.05) is 38.1 Å². The summed E-state index contributed by atoms with van der Waals surface area (Å²) in [4.78, 5) is 8.01. The Kier molecular flexibility index (Phi) is 3.70. The lowest BCUT2D eigenvalue weighted by Gasteiger charge is -2.07. The van der Waals surface area contributed by atoms with E-state index in [2.05, 4.69) is 48.1 Å². The van der Waals surface area contributed by atoms with E-state index in [9.17, 15) is 0 Å². The van der Waals surface area contributed by atoms with Crippen molar-refractivity contribution in [1.82, 2.24) is 9.97 Å². The van der Waals surface area contributed by atoms with E-state index < -0.39 is 0 Å². The van der Waals surface area contributed by atoms with E-state index in [1.807, 2.05) is 0 Å². The summed E-state index contributed by atoms with van der Waals surface area (Å²) in [6.07, 6.45) is 3.34. The number of hydrogen-bond acceptors (Lipinski definition) is 3. The second-order valence-electron chi connectivity index (χ2n) is 4.22. The number of benzene rings is 1. The molecule has 3 nitrogen and oxygen atoms in total. The Morgan fingerprint density at radius 3 is 2.29 bits per heavy atom. The Morgan fingerprint density at radius 2 is 1.71 bits per heavy atom. The van der Waals surface area contributed by atoms with Crippen LogP contribution >= 0.6 is 0 Å². The summed E-state index contributed by atoms with van der Waals surface area (Å²) in [6.45, 7) is 4.87. The van der Waals surface area contributed by atoms with Gasteiger partial charge in [-0.25, -0.2) is 9.97 Å². The topological polar surface area (TPSA) is 35.0 Å². The minimum Gasteiger partial charge on any atom is -0.459 e. The Labute approximate surface area is 102 Å². The quantitative estimate of drug-likeness (QED) is 0.806. The molecule has 0 spiro atoms. The van der Waals surface area contributed by atoms with E-state index in [0.717, 1.165) is 5.56 Å². The highest BCUT2D eigenvalue weighted by atomic mass is 16.5. The normalized spacial score (nSPS) is 10.5. The Hall–Kier alpha value is -1.90. The molecule has 0 saturated carbocycles. The number of rotatable bonds is 4. The molecule has 0 saturated heterocycles. The fraction of sp³-hybridized carbons (Fsp3) is 0.286. The minimum absolute atomic E-state index is 0.417. The van der Waals surface area contributed by atoms with Crippen molar-refractivity contribution in [2.24, 2.45) is 0 Å². The third kappa shape index (κ3) is 3.28. The number of aromatic nitrogens is 2. The maximum Gasteiger partial charge on any atom is 0.316 e. The van der Waals surface area contributed by atoms with Crippen molar-refractivity contribution in [3.8, 4) is 6.01 Å². The zero-order valence-corrected chi connectivity index (χ0v) is 10.1. The molecule has 1 aromatic carbocycles. The molecule has 17 heavy (non-hydrogen) atoms. The molecule has 0 aliphatic rings. The summed E-state index contributed by atoms with van der Waals surface area (Å²) in [7, 11) is 0. The Balaban J connectivity index is 1.96. The van der Waals surface area contributed by atoms with Crippen LogP contribution in [0.2, 0.25) is 0 Å². The highest BCUT2D eigenvalue weighted by Crippen LogP contribution is 2.15. The van der Waals surface area contributed by atoms with E-state index in [4.69, 9.17) is 4.74 Å². The molecule has 0 aliphatic heterocycles. The first-order valence-corrected chi connectivity index (χ1v) is 5.74. The number of ether oxygens (including phenoxy) is 1. The summed E-state index contributed by atoms with van der Waals surface area (Å²) in [5, 5.41) is 0. The summed E-state index contributed by atoms with van der Waals surface area (Å²) in [5.41, 5.74) is 2.46. The summed E-state index contributed by atoms with van der Waals surface area (Å²) in [5.74, 6) is 0.558. The first kappa shape index (κ1) is 11.6. The van der Waals surface area contributed by atoms with Crippen molar-refractivity contribution in [3.05, 3.63) is 53.9 Å². The molecular formula is C14H16N2O. The standard InChI is InChI=1S/C14H16N2O/c1-11(2)13-6-4-12(5-7-13)10-17-14-15-8-3-9-16-14/h3-9,11H,10H2,1-2H3. The molecule has 0 bridgehead atoms. The van der Waals surface area contributed by atoms with Crippen LogP contribution in [0.25, 0.3) is 0 Å². The van der Waals surface area contributed by atoms with Crippen LogP contribution in [0.1, 0.15) is 30.9 Å². The maximum absolute atomic E-state index is 5.47. The smallest absolute Gasteiger partial charge is 0.316 e. The number of hydrogen-bond donors (Lipinski definition) is 0. The van der Waals surface area contributed by atoms with Crippen molar-refractivity contribution in [2.45, 2.75) is 26.4 Å². The van der Waals surface area contributed by atoms with Crippen LogP contribution in [0, 0.1) is 0 Å². The third-order valence-electron chi connectivity index (χ3n) is 2.56. The van der Waals surface area contributed by atoms with Gasteiger partial charge in [0.1, 0.15) is 6.61 Å². The molecule has 0 amide bonds. The van der Waals surface area contributed by atoms with Gasteiger partial charge in [0.2, 0.25) is 0 Å². The minimum atomic E-state index is 0.417. The summed E-state index contributed by atoms with van der Waals surface area (Å²) >= 11 is 0. The van der Waals surface area contributed by atoms with Crippen LogP contribution in [0.5, 0.6) is 6.01 Å². The predicted molar refractivity (Wildman–Crippen MR) is 66.9 cm³/mol. The van der Waals surface area contributed by atoms with Crippen molar-refractivity contribution in [1.29, 1.82) is 0 Å². The average Bonchev–Trinajstić information content (AvgIpc) is 2.38. The first-order chi connectivity index (χ1) is 8.25. The second kappa shape index (κ2) is 5.43. The molecule has 0 N–H and O–H groups in total. The molecule has 88 valence electrons. The molecule has 3 heteroatoms. The van der Waals surface area contributed by atoms with E-state index in [1.165, 1.54) is 5.56 Å². The molecule has 0 fully saturated rings. The lowest BCUT2D eigenvalue weighted by atomic mass is 10.0. The van der Waals surface area contributed by atoms with Crippen molar-refractivity contribution in [3.63, 3.8) is 0 Å². The van der Waals surface area contributed by atoms with Gasteiger partial charge in [-0.15, -0.1) is 0 Å². The van der Waals surface area contributed by atoms with Gasteiger partial charge < -0.3 is 4.74 Å². The number of nitrogens with zero attached hydrogens (tertiary/aromatic N) is 2. The molecule has 0 aliphatic carbocycles. The van der Waals surface area contributed by atoms with Gasteiger partial charge in [0, 0.05) is 12.4 Å². The van der Waals surface area contributed by atoms with Gasteiger partial charge >= 0.3 is 6.01 Å². The molecule has 1 aromatic heterocycles. The van der Waals surface area contributed by atoms with Gasteiger partial charge in [-0.05, 0) is 23.1 Å². The fourth-order valence-electron chi connectivity index (χ4n) is 1.51. The maximum atomic E-state index is 5.47. The molecule has 1 heterocycles. The molecule has 2 rings (SSSR count). The van der Waals surface area contributed by atoms with Gasteiger partial charge in [0.05, 0.1) is 0 Å². The SMILES string of the molecule is CC(C)c1ccc(COc2ncccn2)cc1. The monoisotopic (exact) mass is 228 g/mol. The van der Waals surface area contributed by atoms with E-state index in [-0.39, 0.29) is 0 Å². The summed E-state index contributed by atoms with van der Waals surface area (Å²) in [6, 6.07) is 10.6. The van der Waals surface area contributed by atoms with E-state index in [0.29, 0.717) is 18.5 Å². The molecule has 0 unspecified atom stereocenters. The van der Waals surface area contributed by atoms with Gasteiger partial charge in [0.15, 0.2) is 0 Å². The van der Waals surface area contributed by atoms with Crippen LogP contribution in [0.3, 0.4) is 0 Å². The third-order valence-corrected chi connectivity index (χ3v) is 2.56. The molecule has 0 atom stereocenters. The first-order valence-electron chi connectivity index (χ1n) is 5.74. The molecule has 0 radical (unpaired) electrons. The molecular weight excluding hydrogens is 212 g/mol. The second-order valence-corrected chi connectivity index (χ2v) is 4.22. The van der Waals surface area contributed by atoms with Crippen molar-refractivity contribution >= 4 is 0 Å². The van der Waals surface area contributed by atoms with Gasteiger partial charge in [-0.2, -0.15) is 0 Å². The van der Waals surface area contributed by atoms with Crippen LogP contribution in [0.15, 0.2) is 42.7 Å². The zero-order chi connectivity index (χ0) is 12.1. The largest absolute Gasteiger partial charge is 0.459 e. The lowest BCUT2D eigenvalue weighted by Crippen LogP contribution is -1.99. The lowest BCUT2D eigenvalue weighted by molar-refractivity contribution is 0.280. The van der Waals surface area contributed by atoms with Crippen LogP contribution in [-0.4, -0.2) is 9.97 Å². The Morgan fingerprint density at radius 1 is 1.06 bits per heavy atom. The highest BCUT2D eigenvalue weighted by Gasteiger charge is 2.00.